The summed E-state index contributed by atoms with van der Waals surface area (Å²) in [5, 5.41) is 2.07. The number of rotatable bonds is 6. The third kappa shape index (κ3) is 3.44. The highest BCUT2D eigenvalue weighted by molar-refractivity contribution is 7.10. The molecule has 0 saturated carbocycles. The molecule has 0 aromatic carbocycles. The average molecular weight is 200 g/mol. The van der Waals surface area contributed by atoms with E-state index in [2.05, 4.69) is 16.9 Å². The lowest BCUT2D eigenvalue weighted by Gasteiger charge is -2.13. The number of thiophene rings is 1. The van der Waals surface area contributed by atoms with Crippen molar-refractivity contribution in [1.29, 1.82) is 0 Å². The first-order valence-corrected chi connectivity index (χ1v) is 5.25. The normalized spacial score (nSPS) is 13.1. The first kappa shape index (κ1) is 10.7. The van der Waals surface area contributed by atoms with Crippen molar-refractivity contribution in [2.45, 2.75) is 18.9 Å². The van der Waals surface area contributed by atoms with Gasteiger partial charge in [-0.15, -0.1) is 11.3 Å². The molecule has 0 aliphatic carbocycles. The molecule has 1 heterocycles. The molecule has 3 nitrogen and oxygen atoms in total. The van der Waals surface area contributed by atoms with Crippen LogP contribution in [-0.2, 0) is 4.74 Å². The summed E-state index contributed by atoms with van der Waals surface area (Å²) in [7, 11) is 1.72. The van der Waals surface area contributed by atoms with Crippen molar-refractivity contribution < 1.29 is 4.74 Å². The van der Waals surface area contributed by atoms with Crippen molar-refractivity contribution in [1.82, 2.24) is 5.43 Å². The Labute approximate surface area is 82.9 Å². The maximum Gasteiger partial charge on any atom is 0.0554 e. The number of methoxy groups -OCH3 is 1. The van der Waals surface area contributed by atoms with E-state index in [1.165, 1.54) is 4.88 Å². The van der Waals surface area contributed by atoms with Gasteiger partial charge < -0.3 is 4.74 Å². The Kier molecular flexibility index (Phi) is 5.00. The van der Waals surface area contributed by atoms with Crippen LogP contribution < -0.4 is 11.3 Å². The Morgan fingerprint density at radius 2 is 2.54 bits per heavy atom. The van der Waals surface area contributed by atoms with E-state index in [0.29, 0.717) is 0 Å². The second kappa shape index (κ2) is 6.10. The minimum absolute atomic E-state index is 0.273. The van der Waals surface area contributed by atoms with E-state index in [4.69, 9.17) is 10.6 Å². The van der Waals surface area contributed by atoms with E-state index in [0.717, 1.165) is 19.4 Å². The summed E-state index contributed by atoms with van der Waals surface area (Å²) in [4.78, 5) is 1.29. The van der Waals surface area contributed by atoms with Crippen LogP contribution in [0.1, 0.15) is 23.8 Å². The summed E-state index contributed by atoms with van der Waals surface area (Å²) < 4.78 is 4.99. The molecule has 4 heteroatoms. The first-order chi connectivity index (χ1) is 6.38. The molecule has 0 aliphatic heterocycles. The molecule has 1 rings (SSSR count). The molecule has 13 heavy (non-hydrogen) atoms. The fourth-order valence-electron chi connectivity index (χ4n) is 1.23. The minimum atomic E-state index is 0.273. The van der Waals surface area contributed by atoms with E-state index in [1.807, 2.05) is 6.07 Å². The summed E-state index contributed by atoms with van der Waals surface area (Å²) in [6, 6.07) is 4.41. The highest BCUT2D eigenvalue weighted by Gasteiger charge is 2.09. The van der Waals surface area contributed by atoms with Gasteiger partial charge in [0.05, 0.1) is 6.04 Å². The number of ether oxygens (including phenoxy) is 1. The molecule has 0 radical (unpaired) electrons. The van der Waals surface area contributed by atoms with Crippen LogP contribution >= 0.6 is 11.3 Å². The van der Waals surface area contributed by atoms with Gasteiger partial charge in [0.15, 0.2) is 0 Å². The van der Waals surface area contributed by atoms with E-state index in [-0.39, 0.29) is 6.04 Å². The molecule has 0 spiro atoms. The van der Waals surface area contributed by atoms with Gasteiger partial charge in [-0.25, -0.2) is 0 Å². The van der Waals surface area contributed by atoms with Gasteiger partial charge in [-0.05, 0) is 24.3 Å². The van der Waals surface area contributed by atoms with Gasteiger partial charge in [0.2, 0.25) is 0 Å². The molecule has 3 N–H and O–H groups in total. The highest BCUT2D eigenvalue weighted by Crippen LogP contribution is 2.22. The average Bonchev–Trinajstić information content (AvgIpc) is 2.65. The van der Waals surface area contributed by atoms with Crippen LogP contribution in [0, 0.1) is 0 Å². The molecule has 0 aliphatic rings. The number of nitrogens with one attached hydrogen (secondary N) is 1. The van der Waals surface area contributed by atoms with E-state index >= 15 is 0 Å². The lowest BCUT2D eigenvalue weighted by atomic mass is 10.1. The molecule has 1 aromatic rings. The third-order valence-corrected chi connectivity index (χ3v) is 2.92. The predicted molar refractivity (Wildman–Crippen MR) is 55.5 cm³/mol. The van der Waals surface area contributed by atoms with Crippen molar-refractivity contribution in [3.05, 3.63) is 22.4 Å². The Morgan fingerprint density at radius 3 is 3.08 bits per heavy atom. The van der Waals surface area contributed by atoms with Crippen LogP contribution in [0.25, 0.3) is 0 Å². The van der Waals surface area contributed by atoms with Crippen LogP contribution in [-0.4, -0.2) is 13.7 Å². The Morgan fingerprint density at radius 1 is 1.69 bits per heavy atom. The molecule has 1 aromatic heterocycles. The van der Waals surface area contributed by atoms with Crippen molar-refractivity contribution >= 4 is 11.3 Å². The maximum atomic E-state index is 5.46. The van der Waals surface area contributed by atoms with Crippen LogP contribution in [0.3, 0.4) is 0 Å². The van der Waals surface area contributed by atoms with Gasteiger partial charge in [0.1, 0.15) is 0 Å². The summed E-state index contributed by atoms with van der Waals surface area (Å²) in [5.41, 5.74) is 2.82. The molecule has 0 amide bonds. The Hall–Kier alpha value is -0.420. The Bertz CT molecular complexity index is 213. The molecule has 74 valence electrons. The number of hydrogen-bond donors (Lipinski definition) is 2. The van der Waals surface area contributed by atoms with Crippen molar-refractivity contribution in [2.75, 3.05) is 13.7 Å². The molecule has 0 fully saturated rings. The lowest BCUT2D eigenvalue weighted by Crippen LogP contribution is -2.27. The predicted octanol–water partition coefficient (Wildman–Crippen LogP) is 1.68. The highest BCUT2D eigenvalue weighted by atomic mass is 32.1. The third-order valence-electron chi connectivity index (χ3n) is 1.93. The van der Waals surface area contributed by atoms with Crippen molar-refractivity contribution in [3.63, 3.8) is 0 Å². The van der Waals surface area contributed by atoms with Gasteiger partial charge in [-0.1, -0.05) is 6.07 Å². The molecule has 1 atom stereocenters. The minimum Gasteiger partial charge on any atom is -0.385 e. The monoisotopic (exact) mass is 200 g/mol. The van der Waals surface area contributed by atoms with Crippen LogP contribution in [0.2, 0.25) is 0 Å². The number of hydrazine groups is 1. The van der Waals surface area contributed by atoms with Crippen LogP contribution in [0.4, 0.5) is 0 Å². The molecular weight excluding hydrogens is 184 g/mol. The number of hydrogen-bond acceptors (Lipinski definition) is 4. The largest absolute Gasteiger partial charge is 0.385 e. The standard InChI is InChI=1S/C9H16N2OS/c1-12-6-2-4-8(11-10)9-5-3-7-13-9/h3,5,7-8,11H,2,4,6,10H2,1H3. The smallest absolute Gasteiger partial charge is 0.0554 e. The van der Waals surface area contributed by atoms with Gasteiger partial charge in [-0.2, -0.15) is 0 Å². The Balaban J connectivity index is 2.35. The van der Waals surface area contributed by atoms with Crippen molar-refractivity contribution in [2.24, 2.45) is 5.84 Å². The van der Waals surface area contributed by atoms with Crippen molar-refractivity contribution in [3.8, 4) is 0 Å². The zero-order valence-corrected chi connectivity index (χ0v) is 8.64. The number of nitrogens with two attached hydrogens (primary N) is 1. The SMILES string of the molecule is COCCCC(NN)c1cccs1. The maximum absolute atomic E-state index is 5.46. The van der Waals surface area contributed by atoms with E-state index < -0.39 is 0 Å². The molecular formula is C9H16N2OS. The lowest BCUT2D eigenvalue weighted by molar-refractivity contribution is 0.189. The van der Waals surface area contributed by atoms with E-state index in [9.17, 15) is 0 Å². The van der Waals surface area contributed by atoms with Crippen LogP contribution in [0.15, 0.2) is 17.5 Å². The summed E-state index contributed by atoms with van der Waals surface area (Å²) in [5.74, 6) is 5.46. The summed E-state index contributed by atoms with van der Waals surface area (Å²) in [6.07, 6.45) is 2.05. The fourth-order valence-corrected chi connectivity index (χ4v) is 2.05. The first-order valence-electron chi connectivity index (χ1n) is 4.37. The quantitative estimate of drug-likeness (QED) is 0.417. The molecule has 0 bridgehead atoms. The molecule has 1 unspecified atom stereocenters. The van der Waals surface area contributed by atoms with E-state index in [1.54, 1.807) is 18.4 Å². The fraction of sp³-hybridized carbons (Fsp3) is 0.556. The molecule has 0 saturated heterocycles. The summed E-state index contributed by atoms with van der Waals surface area (Å²) in [6.45, 7) is 0.795. The second-order valence-corrected chi connectivity index (χ2v) is 3.85. The van der Waals surface area contributed by atoms with Gasteiger partial charge in [0.25, 0.3) is 0 Å². The van der Waals surface area contributed by atoms with Crippen LogP contribution in [0.5, 0.6) is 0 Å². The summed E-state index contributed by atoms with van der Waals surface area (Å²) >= 11 is 1.73. The van der Waals surface area contributed by atoms with Gasteiger partial charge in [0, 0.05) is 18.6 Å². The van der Waals surface area contributed by atoms with Gasteiger partial charge >= 0.3 is 0 Å². The topological polar surface area (TPSA) is 47.3 Å². The zero-order chi connectivity index (χ0) is 9.52. The van der Waals surface area contributed by atoms with Gasteiger partial charge in [-0.3, -0.25) is 11.3 Å². The zero-order valence-electron chi connectivity index (χ0n) is 7.82. The second-order valence-electron chi connectivity index (χ2n) is 2.87.